The molecule has 70 valence electrons. The summed E-state index contributed by atoms with van der Waals surface area (Å²) < 4.78 is 5.24. The minimum absolute atomic E-state index is 0.408. The maximum Gasteiger partial charge on any atom is 0.198 e. The van der Waals surface area contributed by atoms with Gasteiger partial charge in [0, 0.05) is 11.7 Å². The van der Waals surface area contributed by atoms with Crippen molar-refractivity contribution in [1.82, 2.24) is 4.98 Å². The Hall–Kier alpha value is -0.770. The van der Waals surface area contributed by atoms with Gasteiger partial charge in [-0.2, -0.15) is 11.8 Å². The van der Waals surface area contributed by atoms with Gasteiger partial charge in [0.15, 0.2) is 12.2 Å². The van der Waals surface area contributed by atoms with Crippen molar-refractivity contribution in [3.63, 3.8) is 0 Å². The van der Waals surface area contributed by atoms with Crippen LogP contribution in [-0.2, 0) is 0 Å². The molecular weight excluding hydrogens is 186 g/mol. The molecule has 0 saturated carbocycles. The van der Waals surface area contributed by atoms with Gasteiger partial charge in [0.05, 0.1) is 0 Å². The number of hydrogen-bond donors (Lipinski definition) is 0. The molecule has 1 aliphatic heterocycles. The number of aromatic nitrogens is 1. The Morgan fingerprint density at radius 3 is 3.23 bits per heavy atom. The highest BCUT2D eigenvalue weighted by atomic mass is 32.2. The lowest BCUT2D eigenvalue weighted by atomic mass is 10.1. The molecule has 0 N–H and O–H groups in total. The highest BCUT2D eigenvalue weighted by molar-refractivity contribution is 7.99. The van der Waals surface area contributed by atoms with Crippen LogP contribution in [0.15, 0.2) is 10.7 Å². The summed E-state index contributed by atoms with van der Waals surface area (Å²) in [5.74, 6) is 3.44. The van der Waals surface area contributed by atoms with E-state index in [9.17, 15) is 4.79 Å². The molecule has 2 heterocycles. The Labute approximate surface area is 80.9 Å². The number of carbonyl (C=O) groups is 1. The molecule has 0 aliphatic carbocycles. The van der Waals surface area contributed by atoms with Crippen molar-refractivity contribution in [2.45, 2.75) is 18.8 Å². The summed E-state index contributed by atoms with van der Waals surface area (Å²) in [6.45, 7) is 0. The molecule has 0 aromatic carbocycles. The summed E-state index contributed by atoms with van der Waals surface area (Å²) in [5.41, 5.74) is 0.408. The summed E-state index contributed by atoms with van der Waals surface area (Å²) in [4.78, 5) is 14.5. The number of rotatable bonds is 2. The molecule has 0 radical (unpaired) electrons. The van der Waals surface area contributed by atoms with Crippen LogP contribution in [-0.4, -0.2) is 22.8 Å². The second-order valence-corrected chi connectivity index (χ2v) is 4.29. The number of nitrogens with zero attached hydrogens (tertiary/aromatic N) is 1. The lowest BCUT2D eigenvalue weighted by Crippen LogP contribution is -2.08. The molecule has 1 fully saturated rings. The molecule has 13 heavy (non-hydrogen) atoms. The quantitative estimate of drug-likeness (QED) is 0.681. The standard InChI is InChI=1S/C9H11NO2S/c11-4-8-5-12-9(10-8)7-2-1-3-13-6-7/h4-5,7H,1-3,6H2. The van der Waals surface area contributed by atoms with Gasteiger partial charge in [0.25, 0.3) is 0 Å². The number of aldehydes is 1. The zero-order valence-electron chi connectivity index (χ0n) is 7.23. The van der Waals surface area contributed by atoms with Gasteiger partial charge in [0.1, 0.15) is 12.0 Å². The van der Waals surface area contributed by atoms with E-state index in [1.807, 2.05) is 11.8 Å². The molecule has 2 rings (SSSR count). The highest BCUT2D eigenvalue weighted by Gasteiger charge is 2.20. The van der Waals surface area contributed by atoms with E-state index in [1.165, 1.54) is 18.4 Å². The summed E-state index contributed by atoms with van der Waals surface area (Å²) in [6.07, 6.45) is 4.50. The largest absolute Gasteiger partial charge is 0.448 e. The third-order valence-corrected chi connectivity index (χ3v) is 3.39. The molecular formula is C9H11NO2S. The summed E-state index contributed by atoms with van der Waals surface area (Å²) in [6, 6.07) is 0. The van der Waals surface area contributed by atoms with Crippen molar-refractivity contribution in [3.05, 3.63) is 17.8 Å². The minimum Gasteiger partial charge on any atom is -0.448 e. The smallest absolute Gasteiger partial charge is 0.198 e. The van der Waals surface area contributed by atoms with Crippen molar-refractivity contribution < 1.29 is 9.21 Å². The van der Waals surface area contributed by atoms with E-state index < -0.39 is 0 Å². The van der Waals surface area contributed by atoms with Crippen LogP contribution in [0, 0.1) is 0 Å². The predicted molar refractivity (Wildman–Crippen MR) is 51.2 cm³/mol. The van der Waals surface area contributed by atoms with Gasteiger partial charge in [-0.15, -0.1) is 0 Å². The Kier molecular flexibility index (Phi) is 2.68. The van der Waals surface area contributed by atoms with E-state index in [0.717, 1.165) is 24.4 Å². The number of carbonyl (C=O) groups excluding carboxylic acids is 1. The molecule has 1 unspecified atom stereocenters. The lowest BCUT2D eigenvalue weighted by Gasteiger charge is -2.17. The van der Waals surface area contributed by atoms with Crippen molar-refractivity contribution in [2.75, 3.05) is 11.5 Å². The number of hydrogen-bond acceptors (Lipinski definition) is 4. The van der Waals surface area contributed by atoms with Gasteiger partial charge in [-0.25, -0.2) is 4.98 Å². The molecule has 1 atom stereocenters. The molecule has 1 aliphatic rings. The van der Waals surface area contributed by atoms with Crippen molar-refractivity contribution in [2.24, 2.45) is 0 Å². The Morgan fingerprint density at radius 2 is 2.62 bits per heavy atom. The zero-order chi connectivity index (χ0) is 9.10. The second-order valence-electron chi connectivity index (χ2n) is 3.14. The van der Waals surface area contributed by atoms with Gasteiger partial charge in [-0.3, -0.25) is 4.79 Å². The first-order valence-corrected chi connectivity index (χ1v) is 5.54. The van der Waals surface area contributed by atoms with Crippen LogP contribution in [0.1, 0.15) is 35.1 Å². The third-order valence-electron chi connectivity index (χ3n) is 2.17. The monoisotopic (exact) mass is 197 g/mol. The van der Waals surface area contributed by atoms with Crippen LogP contribution >= 0.6 is 11.8 Å². The van der Waals surface area contributed by atoms with Gasteiger partial charge in [-0.05, 0) is 18.6 Å². The summed E-state index contributed by atoms with van der Waals surface area (Å²) >= 11 is 1.93. The first-order chi connectivity index (χ1) is 6.40. The molecule has 1 saturated heterocycles. The lowest BCUT2D eigenvalue weighted by molar-refractivity contribution is 0.111. The van der Waals surface area contributed by atoms with E-state index in [1.54, 1.807) is 0 Å². The maximum absolute atomic E-state index is 10.4. The van der Waals surface area contributed by atoms with Crippen LogP contribution in [0.25, 0.3) is 0 Å². The van der Waals surface area contributed by atoms with E-state index in [4.69, 9.17) is 4.42 Å². The van der Waals surface area contributed by atoms with E-state index in [2.05, 4.69) is 4.98 Å². The molecule has 0 amide bonds. The van der Waals surface area contributed by atoms with Crippen LogP contribution in [0.4, 0.5) is 0 Å². The average molecular weight is 197 g/mol. The zero-order valence-corrected chi connectivity index (χ0v) is 8.05. The fraction of sp³-hybridized carbons (Fsp3) is 0.556. The van der Waals surface area contributed by atoms with Gasteiger partial charge in [-0.1, -0.05) is 0 Å². The fourth-order valence-corrected chi connectivity index (χ4v) is 2.61. The van der Waals surface area contributed by atoms with Crippen molar-refractivity contribution in [3.8, 4) is 0 Å². The number of thioether (sulfide) groups is 1. The second kappa shape index (κ2) is 3.96. The maximum atomic E-state index is 10.4. The predicted octanol–water partition coefficient (Wildman–Crippen LogP) is 2.10. The first kappa shape index (κ1) is 8.81. The molecule has 4 heteroatoms. The van der Waals surface area contributed by atoms with Crippen LogP contribution in [0.3, 0.4) is 0 Å². The first-order valence-electron chi connectivity index (χ1n) is 4.38. The van der Waals surface area contributed by atoms with Crippen LogP contribution in [0.5, 0.6) is 0 Å². The van der Waals surface area contributed by atoms with Crippen LogP contribution < -0.4 is 0 Å². The summed E-state index contributed by atoms with van der Waals surface area (Å²) in [5, 5.41) is 0. The minimum atomic E-state index is 0.408. The van der Waals surface area contributed by atoms with Gasteiger partial charge >= 0.3 is 0 Å². The number of oxazole rings is 1. The Balaban J connectivity index is 2.09. The average Bonchev–Trinajstić information content (AvgIpc) is 2.67. The third kappa shape index (κ3) is 1.94. The highest BCUT2D eigenvalue weighted by Crippen LogP contribution is 2.30. The normalized spacial score (nSPS) is 22.9. The van der Waals surface area contributed by atoms with Crippen molar-refractivity contribution in [1.29, 1.82) is 0 Å². The fourth-order valence-electron chi connectivity index (χ4n) is 1.48. The molecule has 1 aromatic rings. The molecule has 3 nitrogen and oxygen atoms in total. The van der Waals surface area contributed by atoms with Gasteiger partial charge in [0.2, 0.25) is 0 Å². The summed E-state index contributed by atoms with van der Waals surface area (Å²) in [7, 11) is 0. The molecule has 1 aromatic heterocycles. The van der Waals surface area contributed by atoms with Crippen LogP contribution in [0.2, 0.25) is 0 Å². The van der Waals surface area contributed by atoms with E-state index in [0.29, 0.717) is 11.6 Å². The van der Waals surface area contributed by atoms with E-state index in [-0.39, 0.29) is 0 Å². The topological polar surface area (TPSA) is 43.1 Å². The molecule has 0 bridgehead atoms. The van der Waals surface area contributed by atoms with Gasteiger partial charge < -0.3 is 4.42 Å². The van der Waals surface area contributed by atoms with Crippen molar-refractivity contribution >= 4 is 18.0 Å². The van der Waals surface area contributed by atoms with E-state index >= 15 is 0 Å². The SMILES string of the molecule is O=Cc1coc(C2CCCSC2)n1. The molecule has 0 spiro atoms. The Bertz CT molecular complexity index is 292. The Morgan fingerprint density at radius 1 is 1.69 bits per heavy atom.